The zero-order valence-electron chi connectivity index (χ0n) is 16.5. The summed E-state index contributed by atoms with van der Waals surface area (Å²) in [4.78, 5) is 13.0. The highest BCUT2D eigenvalue weighted by Crippen LogP contribution is 2.59. The summed E-state index contributed by atoms with van der Waals surface area (Å²) in [6.45, 7) is 4.18. The SMILES string of the molecule is Cc1cccc(C2(c3cccc(C)c3)C[C@H]2C(=O)N/N=C\c2ccccc2Br)c1. The van der Waals surface area contributed by atoms with Gasteiger partial charge in [0.15, 0.2) is 0 Å². The van der Waals surface area contributed by atoms with Crippen molar-refractivity contribution in [1.29, 1.82) is 0 Å². The molecule has 4 rings (SSSR count). The lowest BCUT2D eigenvalue weighted by molar-refractivity contribution is -0.122. The second kappa shape index (κ2) is 7.96. The van der Waals surface area contributed by atoms with Crippen LogP contribution < -0.4 is 5.43 Å². The van der Waals surface area contributed by atoms with Crippen LogP contribution in [0, 0.1) is 19.8 Å². The smallest absolute Gasteiger partial charge is 0.244 e. The summed E-state index contributed by atoms with van der Waals surface area (Å²) in [7, 11) is 0. The van der Waals surface area contributed by atoms with Crippen LogP contribution in [-0.2, 0) is 10.2 Å². The zero-order chi connectivity index (χ0) is 20.4. The maximum absolute atomic E-state index is 13.0. The summed E-state index contributed by atoms with van der Waals surface area (Å²) in [5.41, 5.74) is 8.18. The number of nitrogens with one attached hydrogen (secondary N) is 1. The average molecular weight is 447 g/mol. The first kappa shape index (κ1) is 19.6. The quantitative estimate of drug-likeness (QED) is 0.406. The number of hydrogen-bond donors (Lipinski definition) is 1. The molecule has 1 fully saturated rings. The van der Waals surface area contributed by atoms with Gasteiger partial charge in [0, 0.05) is 15.5 Å². The lowest BCUT2D eigenvalue weighted by Gasteiger charge is -2.19. The van der Waals surface area contributed by atoms with Gasteiger partial charge in [0.1, 0.15) is 0 Å². The molecule has 3 nitrogen and oxygen atoms in total. The second-order valence-electron chi connectivity index (χ2n) is 7.72. The topological polar surface area (TPSA) is 41.5 Å². The van der Waals surface area contributed by atoms with Crippen LogP contribution in [0.2, 0.25) is 0 Å². The highest BCUT2D eigenvalue weighted by atomic mass is 79.9. The average Bonchev–Trinajstić information content (AvgIpc) is 3.47. The number of carbonyl (C=O) groups excluding carboxylic acids is 1. The first-order valence-corrected chi connectivity index (χ1v) is 10.5. The van der Waals surface area contributed by atoms with Crippen LogP contribution in [0.1, 0.15) is 34.2 Å². The first-order valence-electron chi connectivity index (χ1n) is 9.72. The number of amides is 1. The lowest BCUT2D eigenvalue weighted by atomic mass is 9.84. The molecule has 29 heavy (non-hydrogen) atoms. The molecule has 4 heteroatoms. The third kappa shape index (κ3) is 3.90. The fraction of sp³-hybridized carbons (Fsp3) is 0.200. The van der Waals surface area contributed by atoms with E-state index in [4.69, 9.17) is 0 Å². The van der Waals surface area contributed by atoms with Gasteiger partial charge in [0.2, 0.25) is 5.91 Å². The molecule has 0 spiro atoms. The fourth-order valence-corrected chi connectivity index (χ4v) is 4.44. The van der Waals surface area contributed by atoms with Gasteiger partial charge in [-0.2, -0.15) is 5.10 Å². The maximum atomic E-state index is 13.0. The van der Waals surface area contributed by atoms with Crippen molar-refractivity contribution in [2.45, 2.75) is 25.7 Å². The Morgan fingerprint density at radius 1 is 1.00 bits per heavy atom. The first-order chi connectivity index (χ1) is 14.0. The molecule has 1 amide bonds. The fourth-order valence-electron chi connectivity index (χ4n) is 4.05. The number of aryl methyl sites for hydroxylation is 2. The van der Waals surface area contributed by atoms with E-state index >= 15 is 0 Å². The van der Waals surface area contributed by atoms with Crippen molar-refractivity contribution in [3.63, 3.8) is 0 Å². The van der Waals surface area contributed by atoms with Gasteiger partial charge in [-0.05, 0) is 37.5 Å². The number of hydrazone groups is 1. The van der Waals surface area contributed by atoms with Crippen molar-refractivity contribution in [1.82, 2.24) is 5.43 Å². The van der Waals surface area contributed by atoms with Gasteiger partial charge in [-0.25, -0.2) is 5.43 Å². The molecule has 1 aliphatic rings. The third-order valence-corrected chi connectivity index (χ3v) is 6.35. The van der Waals surface area contributed by atoms with Gasteiger partial charge < -0.3 is 0 Å². The van der Waals surface area contributed by atoms with Gasteiger partial charge in [-0.15, -0.1) is 0 Å². The molecule has 1 aliphatic carbocycles. The van der Waals surface area contributed by atoms with Crippen molar-refractivity contribution in [2.24, 2.45) is 11.0 Å². The third-order valence-electron chi connectivity index (χ3n) is 5.63. The molecule has 0 radical (unpaired) electrons. The van der Waals surface area contributed by atoms with E-state index in [1.165, 1.54) is 22.3 Å². The minimum Gasteiger partial charge on any atom is -0.273 e. The second-order valence-corrected chi connectivity index (χ2v) is 8.58. The van der Waals surface area contributed by atoms with Gasteiger partial charge >= 0.3 is 0 Å². The van der Waals surface area contributed by atoms with E-state index < -0.39 is 0 Å². The van der Waals surface area contributed by atoms with Gasteiger partial charge in [-0.1, -0.05) is 93.8 Å². The molecule has 0 bridgehead atoms. The van der Waals surface area contributed by atoms with Crippen LogP contribution in [0.5, 0.6) is 0 Å². The molecule has 1 atom stereocenters. The molecule has 146 valence electrons. The Morgan fingerprint density at radius 3 is 2.21 bits per heavy atom. The van der Waals surface area contributed by atoms with E-state index in [1.807, 2.05) is 24.3 Å². The zero-order valence-corrected chi connectivity index (χ0v) is 18.1. The van der Waals surface area contributed by atoms with Crippen molar-refractivity contribution in [3.05, 3.63) is 105 Å². The molecule has 0 aliphatic heterocycles. The highest BCUT2D eigenvalue weighted by molar-refractivity contribution is 9.10. The van der Waals surface area contributed by atoms with Crippen LogP contribution in [0.3, 0.4) is 0 Å². The van der Waals surface area contributed by atoms with Crippen LogP contribution in [-0.4, -0.2) is 12.1 Å². The van der Waals surface area contributed by atoms with Gasteiger partial charge in [-0.3, -0.25) is 4.79 Å². The van der Waals surface area contributed by atoms with E-state index in [0.29, 0.717) is 0 Å². The molecular formula is C25H23BrN2O. The van der Waals surface area contributed by atoms with E-state index in [0.717, 1.165) is 16.5 Å². The number of rotatable bonds is 5. The predicted molar refractivity (Wildman–Crippen MR) is 121 cm³/mol. The van der Waals surface area contributed by atoms with E-state index in [-0.39, 0.29) is 17.2 Å². The molecule has 1 saturated carbocycles. The van der Waals surface area contributed by atoms with Crippen LogP contribution >= 0.6 is 15.9 Å². The Labute approximate surface area is 180 Å². The largest absolute Gasteiger partial charge is 0.273 e. The van der Waals surface area contributed by atoms with E-state index in [1.54, 1.807) is 6.21 Å². The van der Waals surface area contributed by atoms with Crippen LogP contribution in [0.25, 0.3) is 0 Å². The number of nitrogens with zero attached hydrogens (tertiary/aromatic N) is 1. The molecular weight excluding hydrogens is 424 g/mol. The van der Waals surface area contributed by atoms with E-state index in [9.17, 15) is 4.79 Å². The lowest BCUT2D eigenvalue weighted by Crippen LogP contribution is -2.25. The van der Waals surface area contributed by atoms with Gasteiger partial charge in [0.05, 0.1) is 12.1 Å². The monoisotopic (exact) mass is 446 g/mol. The van der Waals surface area contributed by atoms with Crippen molar-refractivity contribution in [3.8, 4) is 0 Å². The normalized spacial score (nSPS) is 17.3. The summed E-state index contributed by atoms with van der Waals surface area (Å²) in [5.74, 6) is -0.182. The molecule has 0 saturated heterocycles. The summed E-state index contributed by atoms with van der Waals surface area (Å²) in [5, 5.41) is 4.20. The molecule has 0 unspecified atom stereocenters. The highest BCUT2D eigenvalue weighted by Gasteiger charge is 2.60. The Morgan fingerprint density at radius 2 is 1.62 bits per heavy atom. The predicted octanol–water partition coefficient (Wildman–Crippen LogP) is 5.52. The van der Waals surface area contributed by atoms with Crippen LogP contribution in [0.4, 0.5) is 0 Å². The Balaban J connectivity index is 1.60. The standard InChI is InChI=1S/C25H23BrN2O/c1-17-7-5-10-20(13-17)25(21-11-6-8-18(2)14-21)15-22(25)24(29)28-27-16-19-9-3-4-12-23(19)26/h3-14,16,22H,15H2,1-2H3,(H,28,29)/b27-16-/t22-/m0/s1. The number of carbonyl (C=O) groups is 1. The molecule has 0 heterocycles. The van der Waals surface area contributed by atoms with Crippen molar-refractivity contribution >= 4 is 28.1 Å². The molecule has 1 N–H and O–H groups in total. The van der Waals surface area contributed by atoms with Crippen molar-refractivity contribution < 1.29 is 4.79 Å². The minimum atomic E-state index is -0.287. The molecule has 0 aromatic heterocycles. The van der Waals surface area contributed by atoms with Crippen molar-refractivity contribution in [2.75, 3.05) is 0 Å². The molecule has 3 aromatic carbocycles. The molecule has 3 aromatic rings. The summed E-state index contributed by atoms with van der Waals surface area (Å²) >= 11 is 3.49. The minimum absolute atomic E-state index is 0.0451. The van der Waals surface area contributed by atoms with Gasteiger partial charge in [0.25, 0.3) is 0 Å². The van der Waals surface area contributed by atoms with Crippen LogP contribution in [0.15, 0.2) is 82.4 Å². The Hall–Kier alpha value is -2.72. The number of hydrogen-bond acceptors (Lipinski definition) is 2. The Bertz CT molecular complexity index is 1040. The summed E-state index contributed by atoms with van der Waals surface area (Å²) < 4.78 is 0.943. The Kier molecular flexibility index (Phi) is 5.37. The van der Waals surface area contributed by atoms with E-state index in [2.05, 4.69) is 88.8 Å². The number of benzene rings is 3. The number of halogens is 1. The maximum Gasteiger partial charge on any atom is 0.244 e. The summed E-state index contributed by atoms with van der Waals surface area (Å²) in [6, 6.07) is 24.8. The summed E-state index contributed by atoms with van der Waals surface area (Å²) in [6.07, 6.45) is 2.46.